The number of benzene rings is 1. The predicted molar refractivity (Wildman–Crippen MR) is 86.8 cm³/mol. The molecule has 0 saturated carbocycles. The number of Topliss-reactive ketones (excluding diaryl/α,β-unsaturated/α-hetero) is 1. The molecule has 0 bridgehead atoms. The van der Waals surface area contributed by atoms with Crippen LogP contribution in [0, 0.1) is 0 Å². The Morgan fingerprint density at radius 2 is 1.78 bits per heavy atom. The Balaban J connectivity index is 1.91. The smallest absolute Gasteiger partial charge is 0.366 e. The first-order chi connectivity index (χ1) is 10.8. The molecule has 0 spiro atoms. The molecule has 0 radical (unpaired) electrons. The molecule has 0 aromatic heterocycles. The second-order valence-electron chi connectivity index (χ2n) is 4.90. The monoisotopic (exact) mass is 436 g/mol. The average molecular weight is 436 g/mol. The van der Waals surface area contributed by atoms with Gasteiger partial charge in [-0.15, -0.1) is 0 Å². The van der Waals surface area contributed by atoms with Crippen LogP contribution in [0.4, 0.5) is 13.2 Å². The van der Waals surface area contributed by atoms with Crippen LogP contribution < -0.4 is 0 Å². The van der Waals surface area contributed by atoms with E-state index in [0.29, 0.717) is 11.1 Å². The fourth-order valence-electron chi connectivity index (χ4n) is 2.03. The molecule has 0 amide bonds. The maximum absolute atomic E-state index is 12.6. The highest BCUT2D eigenvalue weighted by atomic mass is 127. The van der Waals surface area contributed by atoms with Crippen LogP contribution in [0.5, 0.6) is 0 Å². The number of hydrogen-bond acceptors (Lipinski definition) is 3. The Bertz CT molecular complexity index is 660. The van der Waals surface area contributed by atoms with Gasteiger partial charge in [-0.2, -0.15) is 13.2 Å². The SMILES string of the molecule is O=C(I)c1ccc(C(=O)COC2C=CC=C(C(F)(F)F)C2)cc1. The van der Waals surface area contributed by atoms with Crippen molar-refractivity contribution in [1.29, 1.82) is 0 Å². The van der Waals surface area contributed by atoms with Gasteiger partial charge in [0.25, 0.3) is 0 Å². The summed E-state index contributed by atoms with van der Waals surface area (Å²) in [5.41, 5.74) is 0.137. The normalized spacial score (nSPS) is 17.7. The molecule has 1 aromatic carbocycles. The molecule has 0 aliphatic heterocycles. The van der Waals surface area contributed by atoms with Crippen molar-refractivity contribution in [3.63, 3.8) is 0 Å². The fourth-order valence-corrected chi connectivity index (χ4v) is 2.39. The fraction of sp³-hybridized carbons (Fsp3) is 0.250. The lowest BCUT2D eigenvalue weighted by Crippen LogP contribution is -2.23. The molecular weight excluding hydrogens is 424 g/mol. The first-order valence-electron chi connectivity index (χ1n) is 6.66. The quantitative estimate of drug-likeness (QED) is 0.393. The molecule has 0 N–H and O–H groups in total. The van der Waals surface area contributed by atoms with Gasteiger partial charge >= 0.3 is 6.18 Å². The van der Waals surface area contributed by atoms with Crippen LogP contribution in [-0.4, -0.2) is 28.5 Å². The van der Waals surface area contributed by atoms with Crippen LogP contribution in [-0.2, 0) is 4.74 Å². The zero-order valence-corrected chi connectivity index (χ0v) is 13.9. The lowest BCUT2D eigenvalue weighted by atomic mass is 10.0. The van der Waals surface area contributed by atoms with Gasteiger partial charge in [0.05, 0.1) is 6.10 Å². The lowest BCUT2D eigenvalue weighted by molar-refractivity contribution is -0.0974. The zero-order valence-electron chi connectivity index (χ0n) is 11.8. The zero-order chi connectivity index (χ0) is 17.0. The summed E-state index contributed by atoms with van der Waals surface area (Å²) in [6.07, 6.45) is -1.71. The third kappa shape index (κ3) is 5.00. The lowest BCUT2D eigenvalue weighted by Gasteiger charge is -2.20. The maximum atomic E-state index is 12.6. The Morgan fingerprint density at radius 1 is 1.17 bits per heavy atom. The Morgan fingerprint density at radius 3 is 2.35 bits per heavy atom. The summed E-state index contributed by atoms with van der Waals surface area (Å²) in [5.74, 6) is -0.353. The first kappa shape index (κ1) is 17.9. The summed E-state index contributed by atoms with van der Waals surface area (Å²) in [7, 11) is 0. The number of ether oxygens (including phenoxy) is 1. The molecule has 1 unspecified atom stereocenters. The summed E-state index contributed by atoms with van der Waals surface area (Å²) in [6, 6.07) is 6.03. The Labute approximate surface area is 144 Å². The van der Waals surface area contributed by atoms with E-state index < -0.39 is 17.9 Å². The van der Waals surface area contributed by atoms with E-state index in [-0.39, 0.29) is 22.6 Å². The number of carbonyl (C=O) groups is 2. The molecular formula is C16H12F3IO3. The van der Waals surface area contributed by atoms with Crippen molar-refractivity contribution in [2.75, 3.05) is 6.61 Å². The van der Waals surface area contributed by atoms with Gasteiger partial charge in [-0.1, -0.05) is 30.4 Å². The number of halogens is 4. The summed E-state index contributed by atoms with van der Waals surface area (Å²) in [4.78, 5) is 23.1. The maximum Gasteiger partial charge on any atom is 0.412 e. The molecule has 3 nitrogen and oxygen atoms in total. The highest BCUT2D eigenvalue weighted by Crippen LogP contribution is 2.31. The van der Waals surface area contributed by atoms with Crippen LogP contribution in [0.25, 0.3) is 0 Å². The number of rotatable bonds is 5. The van der Waals surface area contributed by atoms with Crippen LogP contribution in [0.3, 0.4) is 0 Å². The van der Waals surface area contributed by atoms with Crippen LogP contribution in [0.2, 0.25) is 0 Å². The molecule has 0 heterocycles. The number of carbonyl (C=O) groups excluding carboxylic acids is 2. The van der Waals surface area contributed by atoms with Gasteiger partial charge in [-0.3, -0.25) is 9.59 Å². The van der Waals surface area contributed by atoms with Gasteiger partial charge in [-0.05, 0) is 12.1 Å². The minimum absolute atomic E-state index is 0.142. The van der Waals surface area contributed by atoms with E-state index in [1.54, 1.807) is 22.6 Å². The number of ketones is 1. The minimum atomic E-state index is -4.39. The molecule has 23 heavy (non-hydrogen) atoms. The second kappa shape index (κ2) is 7.39. The van der Waals surface area contributed by atoms with E-state index in [9.17, 15) is 22.8 Å². The van der Waals surface area contributed by atoms with E-state index in [1.165, 1.54) is 36.4 Å². The predicted octanol–water partition coefficient (Wildman–Crippen LogP) is 4.28. The van der Waals surface area contributed by atoms with Crippen LogP contribution in [0.1, 0.15) is 27.1 Å². The molecule has 1 atom stereocenters. The van der Waals surface area contributed by atoms with Crippen molar-refractivity contribution in [2.45, 2.75) is 18.7 Å². The second-order valence-corrected chi connectivity index (χ2v) is 5.88. The summed E-state index contributed by atoms with van der Waals surface area (Å²) < 4.78 is 43.0. The van der Waals surface area contributed by atoms with Crippen molar-refractivity contribution in [1.82, 2.24) is 0 Å². The minimum Gasteiger partial charge on any atom is -0.366 e. The number of alkyl halides is 3. The Hall–Kier alpha value is -1.48. The molecule has 2 rings (SSSR count). The van der Waals surface area contributed by atoms with E-state index >= 15 is 0 Å². The van der Waals surface area contributed by atoms with Gasteiger partial charge in [-0.25, -0.2) is 0 Å². The van der Waals surface area contributed by atoms with E-state index in [4.69, 9.17) is 4.74 Å². The van der Waals surface area contributed by atoms with Crippen LogP contribution >= 0.6 is 22.6 Å². The van der Waals surface area contributed by atoms with Crippen molar-refractivity contribution < 1.29 is 27.5 Å². The van der Waals surface area contributed by atoms with E-state index in [2.05, 4.69) is 0 Å². The molecule has 122 valence electrons. The third-order valence-electron chi connectivity index (χ3n) is 3.27. The van der Waals surface area contributed by atoms with E-state index in [0.717, 1.165) is 6.08 Å². The van der Waals surface area contributed by atoms with Crippen molar-refractivity contribution in [2.24, 2.45) is 0 Å². The van der Waals surface area contributed by atoms with Gasteiger partial charge < -0.3 is 4.74 Å². The van der Waals surface area contributed by atoms with Crippen molar-refractivity contribution in [3.05, 3.63) is 59.2 Å². The summed E-state index contributed by atoms with van der Waals surface area (Å²) in [6.45, 7) is -0.322. The van der Waals surface area contributed by atoms with Gasteiger partial charge in [0.2, 0.25) is 3.79 Å². The highest BCUT2D eigenvalue weighted by Gasteiger charge is 2.35. The largest absolute Gasteiger partial charge is 0.412 e. The van der Waals surface area contributed by atoms with Crippen LogP contribution in [0.15, 0.2) is 48.1 Å². The molecule has 0 fully saturated rings. The molecule has 7 heteroatoms. The highest BCUT2D eigenvalue weighted by molar-refractivity contribution is 14.1. The van der Waals surface area contributed by atoms with Gasteiger partial charge in [0.15, 0.2) is 5.78 Å². The number of hydrogen-bond donors (Lipinski definition) is 0. The first-order valence-corrected chi connectivity index (χ1v) is 7.74. The standard InChI is InChI=1S/C16H12F3IO3/c17-16(18,19)12-2-1-3-13(8-12)23-9-14(21)10-4-6-11(7-5-10)15(20)22/h1-7,13H,8-9H2. The molecule has 1 aromatic rings. The topological polar surface area (TPSA) is 43.4 Å². The number of allylic oxidation sites excluding steroid dienone is 2. The van der Waals surface area contributed by atoms with Gasteiger partial charge in [0.1, 0.15) is 6.61 Å². The van der Waals surface area contributed by atoms with Crippen molar-refractivity contribution in [3.8, 4) is 0 Å². The Kier molecular flexibility index (Phi) is 5.74. The average Bonchev–Trinajstić information content (AvgIpc) is 2.52. The molecule has 1 aliphatic carbocycles. The summed E-state index contributed by atoms with van der Waals surface area (Å²) >= 11 is 1.64. The van der Waals surface area contributed by atoms with Crippen molar-refractivity contribution >= 4 is 32.2 Å². The third-order valence-corrected chi connectivity index (χ3v) is 3.89. The molecule has 1 aliphatic rings. The summed E-state index contributed by atoms with van der Waals surface area (Å²) in [5, 5.41) is 0. The van der Waals surface area contributed by atoms with E-state index in [1.807, 2.05) is 0 Å². The molecule has 0 saturated heterocycles. The van der Waals surface area contributed by atoms with Gasteiger partial charge in [0, 0.05) is 45.7 Å².